The Bertz CT molecular complexity index is 1180. The average molecular weight is 500 g/mol. The van der Waals surface area contributed by atoms with Crippen LogP contribution in [-0.4, -0.2) is 42.0 Å². The Kier molecular flexibility index (Phi) is 9.25. The summed E-state index contributed by atoms with van der Waals surface area (Å²) < 4.78 is 11.9. The van der Waals surface area contributed by atoms with Crippen molar-refractivity contribution in [3.05, 3.63) is 64.9 Å². The van der Waals surface area contributed by atoms with Gasteiger partial charge in [0.05, 0.1) is 6.61 Å². The van der Waals surface area contributed by atoms with Gasteiger partial charge in [0.1, 0.15) is 0 Å². The van der Waals surface area contributed by atoms with Crippen molar-refractivity contribution in [2.24, 2.45) is 0 Å². The minimum atomic E-state index is -0.159. The topological polar surface area (TPSA) is 59.8 Å². The summed E-state index contributed by atoms with van der Waals surface area (Å²) in [5.74, 6) is 1.56. The molecule has 0 fully saturated rings. The molecule has 7 heteroatoms. The van der Waals surface area contributed by atoms with E-state index in [-0.39, 0.29) is 17.5 Å². The number of Topliss-reactive ketones (excluding diaryl/α,β-unsaturated/α-hetero) is 1. The number of fused-ring (bicyclic) bond motifs is 1. The third-order valence-corrected chi connectivity index (χ3v) is 6.81. The third-order valence-electron chi connectivity index (χ3n) is 5.46. The standard InChI is InChI=1S/C27H30ClNO4S/c1-5-29(6-2)26(31)16-18(3)22-12-13-24(27-23(22)17-25(33-27)19(4)30)32-14-7-15-34-21-10-8-20(28)9-11-21/h8-13,16-17H,5-7,14-15H2,1-4H3. The first kappa shape index (κ1) is 25.9. The number of likely N-dealkylation sites (N-methyl/N-ethyl adjacent to an activating group) is 1. The number of ketones is 1. The van der Waals surface area contributed by atoms with E-state index < -0.39 is 0 Å². The van der Waals surface area contributed by atoms with Crippen LogP contribution in [0.1, 0.15) is 50.2 Å². The molecule has 1 amide bonds. The summed E-state index contributed by atoms with van der Waals surface area (Å²) >= 11 is 7.68. The number of thioether (sulfide) groups is 1. The molecule has 0 spiro atoms. The van der Waals surface area contributed by atoms with Crippen LogP contribution in [0.5, 0.6) is 5.75 Å². The highest BCUT2D eigenvalue weighted by Gasteiger charge is 2.17. The minimum absolute atomic E-state index is 0.0375. The molecule has 0 atom stereocenters. The van der Waals surface area contributed by atoms with Gasteiger partial charge < -0.3 is 14.1 Å². The number of hydrogen-bond acceptors (Lipinski definition) is 5. The first-order chi connectivity index (χ1) is 16.3. The number of nitrogens with zero attached hydrogens (tertiary/aromatic N) is 1. The lowest BCUT2D eigenvalue weighted by atomic mass is 10.0. The summed E-state index contributed by atoms with van der Waals surface area (Å²) in [6, 6.07) is 13.3. The van der Waals surface area contributed by atoms with Crippen LogP contribution in [0.15, 0.2) is 57.9 Å². The molecule has 0 unspecified atom stereocenters. The van der Waals surface area contributed by atoms with Crippen molar-refractivity contribution < 1.29 is 18.7 Å². The SMILES string of the molecule is CCN(CC)C(=O)C=C(C)c1ccc(OCCCSc2ccc(Cl)cc2)c2oc(C(C)=O)cc12. The second kappa shape index (κ2) is 12.1. The molecule has 0 N–H and O–H groups in total. The molecule has 1 aromatic heterocycles. The molecular formula is C27H30ClNO4S. The van der Waals surface area contributed by atoms with E-state index in [0.717, 1.165) is 38.6 Å². The summed E-state index contributed by atoms with van der Waals surface area (Å²) in [6.45, 7) is 9.09. The first-order valence-electron chi connectivity index (χ1n) is 11.4. The van der Waals surface area contributed by atoms with E-state index in [9.17, 15) is 9.59 Å². The van der Waals surface area contributed by atoms with E-state index in [2.05, 4.69) is 0 Å². The number of benzene rings is 2. The largest absolute Gasteiger partial charge is 0.490 e. The van der Waals surface area contributed by atoms with Gasteiger partial charge in [-0.15, -0.1) is 11.8 Å². The normalized spacial score (nSPS) is 11.6. The number of ether oxygens (including phenoxy) is 1. The molecule has 0 bridgehead atoms. The van der Waals surface area contributed by atoms with Crippen LogP contribution in [0.2, 0.25) is 5.02 Å². The van der Waals surface area contributed by atoms with Gasteiger partial charge in [-0.25, -0.2) is 0 Å². The van der Waals surface area contributed by atoms with Crippen molar-refractivity contribution in [3.63, 3.8) is 0 Å². The summed E-state index contributed by atoms with van der Waals surface area (Å²) in [6.07, 6.45) is 2.48. The number of allylic oxidation sites excluding steroid dienone is 1. The van der Waals surface area contributed by atoms with Gasteiger partial charge in [-0.1, -0.05) is 17.7 Å². The maximum absolute atomic E-state index is 12.6. The van der Waals surface area contributed by atoms with Gasteiger partial charge in [-0.2, -0.15) is 0 Å². The molecule has 180 valence electrons. The Labute approximate surface area is 210 Å². The molecule has 1 heterocycles. The van der Waals surface area contributed by atoms with Crippen LogP contribution in [0.25, 0.3) is 16.5 Å². The third kappa shape index (κ3) is 6.45. The quantitative estimate of drug-likeness (QED) is 0.122. The molecular weight excluding hydrogens is 470 g/mol. The average Bonchev–Trinajstić information content (AvgIpc) is 3.27. The second-order valence-corrected chi connectivity index (χ2v) is 9.47. The first-order valence-corrected chi connectivity index (χ1v) is 12.8. The van der Waals surface area contributed by atoms with Crippen molar-refractivity contribution in [1.82, 2.24) is 4.90 Å². The minimum Gasteiger partial charge on any atom is -0.490 e. The van der Waals surface area contributed by atoms with Gasteiger partial charge in [0.25, 0.3) is 0 Å². The highest BCUT2D eigenvalue weighted by molar-refractivity contribution is 7.99. The number of rotatable bonds is 11. The van der Waals surface area contributed by atoms with Crippen molar-refractivity contribution in [2.75, 3.05) is 25.4 Å². The fourth-order valence-corrected chi connectivity index (χ4v) is 4.53. The smallest absolute Gasteiger partial charge is 0.246 e. The molecule has 0 saturated carbocycles. The number of halogens is 1. The molecule has 0 aliphatic carbocycles. The van der Waals surface area contributed by atoms with E-state index in [1.807, 2.05) is 57.2 Å². The van der Waals surface area contributed by atoms with Gasteiger partial charge >= 0.3 is 0 Å². The summed E-state index contributed by atoms with van der Waals surface area (Å²) in [5.41, 5.74) is 2.18. The number of carbonyl (C=O) groups is 2. The lowest BCUT2D eigenvalue weighted by Gasteiger charge is -2.17. The molecule has 5 nitrogen and oxygen atoms in total. The monoisotopic (exact) mass is 499 g/mol. The Morgan fingerprint density at radius 2 is 1.79 bits per heavy atom. The molecule has 0 saturated heterocycles. The summed E-state index contributed by atoms with van der Waals surface area (Å²) in [5, 5.41) is 1.49. The lowest BCUT2D eigenvalue weighted by Crippen LogP contribution is -2.28. The van der Waals surface area contributed by atoms with Gasteiger partial charge in [-0.05, 0) is 74.7 Å². The maximum atomic E-state index is 12.6. The molecule has 0 radical (unpaired) electrons. The van der Waals surface area contributed by atoms with Crippen LogP contribution in [0.3, 0.4) is 0 Å². The zero-order chi connectivity index (χ0) is 24.7. The van der Waals surface area contributed by atoms with E-state index in [4.69, 9.17) is 20.8 Å². The van der Waals surface area contributed by atoms with Crippen LogP contribution in [0, 0.1) is 0 Å². The Hall–Kier alpha value is -2.70. The van der Waals surface area contributed by atoms with Crippen LogP contribution in [0.4, 0.5) is 0 Å². The number of furan rings is 1. The van der Waals surface area contributed by atoms with E-state index in [1.54, 1.807) is 28.8 Å². The fourth-order valence-electron chi connectivity index (χ4n) is 3.58. The molecule has 0 aliphatic rings. The molecule has 3 rings (SSSR count). The van der Waals surface area contributed by atoms with Crippen LogP contribution in [-0.2, 0) is 4.79 Å². The van der Waals surface area contributed by atoms with Crippen molar-refractivity contribution in [1.29, 1.82) is 0 Å². The van der Waals surface area contributed by atoms with Crippen molar-refractivity contribution in [2.45, 2.75) is 39.0 Å². The molecule has 3 aromatic rings. The highest BCUT2D eigenvalue weighted by Crippen LogP contribution is 2.35. The molecule has 0 aliphatic heterocycles. The number of amides is 1. The predicted molar refractivity (Wildman–Crippen MR) is 140 cm³/mol. The summed E-state index contributed by atoms with van der Waals surface area (Å²) in [4.78, 5) is 27.5. The Balaban J connectivity index is 1.76. The van der Waals surface area contributed by atoms with E-state index in [0.29, 0.717) is 31.0 Å². The number of carbonyl (C=O) groups excluding carboxylic acids is 2. The predicted octanol–water partition coefficient (Wildman–Crippen LogP) is 7.12. The van der Waals surface area contributed by atoms with E-state index >= 15 is 0 Å². The van der Waals surface area contributed by atoms with Gasteiger partial charge in [0, 0.05) is 47.1 Å². The lowest BCUT2D eigenvalue weighted by molar-refractivity contribution is -0.125. The highest BCUT2D eigenvalue weighted by atomic mass is 35.5. The summed E-state index contributed by atoms with van der Waals surface area (Å²) in [7, 11) is 0. The van der Waals surface area contributed by atoms with Crippen molar-refractivity contribution in [3.8, 4) is 5.75 Å². The van der Waals surface area contributed by atoms with Gasteiger partial charge in [-0.3, -0.25) is 9.59 Å². The molecule has 2 aromatic carbocycles. The van der Waals surface area contributed by atoms with Crippen LogP contribution < -0.4 is 4.74 Å². The number of hydrogen-bond donors (Lipinski definition) is 0. The Morgan fingerprint density at radius 3 is 2.44 bits per heavy atom. The van der Waals surface area contributed by atoms with Crippen LogP contribution >= 0.6 is 23.4 Å². The zero-order valence-corrected chi connectivity index (χ0v) is 21.6. The maximum Gasteiger partial charge on any atom is 0.246 e. The van der Waals surface area contributed by atoms with Gasteiger partial charge in [0.15, 0.2) is 22.9 Å². The second-order valence-electron chi connectivity index (χ2n) is 7.86. The Morgan fingerprint density at radius 1 is 1.09 bits per heavy atom. The zero-order valence-electron chi connectivity index (χ0n) is 20.0. The fraction of sp³-hybridized carbons (Fsp3) is 0.333. The van der Waals surface area contributed by atoms with Gasteiger partial charge in [0.2, 0.25) is 5.91 Å². The van der Waals surface area contributed by atoms with E-state index in [1.165, 1.54) is 6.92 Å². The molecule has 34 heavy (non-hydrogen) atoms. The van der Waals surface area contributed by atoms with Crippen molar-refractivity contribution >= 4 is 51.6 Å².